The summed E-state index contributed by atoms with van der Waals surface area (Å²) in [7, 11) is 1.37. The largest absolute Gasteiger partial charge is 0.464 e. The summed E-state index contributed by atoms with van der Waals surface area (Å²) in [5.41, 5.74) is 1.11. The summed E-state index contributed by atoms with van der Waals surface area (Å²) in [5.74, 6) is -0.562. The molecule has 2 heterocycles. The van der Waals surface area contributed by atoms with E-state index in [4.69, 9.17) is 4.74 Å². The van der Waals surface area contributed by atoms with E-state index in [1.807, 2.05) is 21.7 Å². The molecule has 1 fully saturated rings. The molecule has 1 aromatic heterocycles. The number of amides is 1. The van der Waals surface area contributed by atoms with Crippen LogP contribution in [0, 0.1) is 5.82 Å². The van der Waals surface area contributed by atoms with E-state index in [1.165, 1.54) is 13.2 Å². The molecule has 0 unspecified atom stereocenters. The van der Waals surface area contributed by atoms with Crippen LogP contribution in [-0.4, -0.2) is 41.5 Å². The summed E-state index contributed by atoms with van der Waals surface area (Å²) in [6.07, 6.45) is 4.17. The zero-order chi connectivity index (χ0) is 18.5. The van der Waals surface area contributed by atoms with Gasteiger partial charge in [-0.2, -0.15) is 0 Å². The van der Waals surface area contributed by atoms with Crippen LogP contribution in [0.2, 0.25) is 0 Å². The Kier molecular flexibility index (Phi) is 5.71. The number of carbonyl (C=O) groups excluding carboxylic acids is 2. The Morgan fingerprint density at radius 3 is 2.58 bits per heavy atom. The van der Waals surface area contributed by atoms with Gasteiger partial charge in [0.1, 0.15) is 11.5 Å². The fourth-order valence-electron chi connectivity index (χ4n) is 3.48. The molecule has 1 aliphatic heterocycles. The molecule has 0 atom stereocenters. The lowest BCUT2D eigenvalue weighted by Gasteiger charge is -2.33. The van der Waals surface area contributed by atoms with Gasteiger partial charge in [0.05, 0.1) is 7.11 Å². The van der Waals surface area contributed by atoms with Crippen LogP contribution in [0.25, 0.3) is 0 Å². The van der Waals surface area contributed by atoms with Crippen molar-refractivity contribution in [2.75, 3.05) is 20.2 Å². The predicted molar refractivity (Wildman–Crippen MR) is 95.3 cm³/mol. The Bertz CT molecular complexity index is 779. The Hall–Kier alpha value is -2.63. The molecule has 6 heteroatoms. The Morgan fingerprint density at radius 1 is 1.15 bits per heavy atom. The van der Waals surface area contributed by atoms with Crippen molar-refractivity contribution in [3.8, 4) is 0 Å². The van der Waals surface area contributed by atoms with E-state index in [0.717, 1.165) is 12.8 Å². The van der Waals surface area contributed by atoms with Crippen molar-refractivity contribution in [2.45, 2.75) is 31.7 Å². The number of aryl methyl sites for hydroxylation is 1. The summed E-state index contributed by atoms with van der Waals surface area (Å²) in [6, 6.07) is 10.3. The molecule has 0 aliphatic carbocycles. The smallest absolute Gasteiger partial charge is 0.354 e. The van der Waals surface area contributed by atoms with Crippen LogP contribution in [0.5, 0.6) is 0 Å². The predicted octanol–water partition coefficient (Wildman–Crippen LogP) is 3.21. The van der Waals surface area contributed by atoms with E-state index in [-0.39, 0.29) is 23.7 Å². The van der Waals surface area contributed by atoms with Gasteiger partial charge in [0.15, 0.2) is 0 Å². The summed E-state index contributed by atoms with van der Waals surface area (Å²) in [4.78, 5) is 26.1. The van der Waals surface area contributed by atoms with Gasteiger partial charge in [0.25, 0.3) is 0 Å². The molecule has 0 spiro atoms. The second-order valence-corrected chi connectivity index (χ2v) is 6.50. The fraction of sp³-hybridized carbons (Fsp3) is 0.400. The van der Waals surface area contributed by atoms with Gasteiger partial charge in [-0.1, -0.05) is 18.2 Å². The highest BCUT2D eigenvalue weighted by Crippen LogP contribution is 2.25. The van der Waals surface area contributed by atoms with Crippen LogP contribution < -0.4 is 0 Å². The van der Waals surface area contributed by atoms with Gasteiger partial charge in [-0.05, 0) is 43.0 Å². The molecule has 3 rings (SSSR count). The molecule has 0 bridgehead atoms. The van der Waals surface area contributed by atoms with Gasteiger partial charge in [-0.25, -0.2) is 9.18 Å². The molecule has 0 saturated carbocycles. The minimum atomic E-state index is -0.349. The first-order chi connectivity index (χ1) is 12.6. The molecule has 138 valence electrons. The maximum absolute atomic E-state index is 13.7. The van der Waals surface area contributed by atoms with Crippen molar-refractivity contribution in [1.82, 2.24) is 9.47 Å². The number of carbonyl (C=O) groups is 2. The minimum Gasteiger partial charge on any atom is -0.464 e. The Morgan fingerprint density at radius 2 is 1.88 bits per heavy atom. The summed E-state index contributed by atoms with van der Waals surface area (Å²) in [5, 5.41) is 0. The van der Waals surface area contributed by atoms with E-state index >= 15 is 0 Å². The van der Waals surface area contributed by atoms with Crippen molar-refractivity contribution in [3.05, 3.63) is 59.7 Å². The number of ether oxygens (including phenoxy) is 1. The lowest BCUT2D eigenvalue weighted by molar-refractivity contribution is -0.132. The van der Waals surface area contributed by atoms with Crippen molar-refractivity contribution in [3.63, 3.8) is 0 Å². The standard InChI is InChI=1S/C20H23FN2O3/c1-26-20(25)18-7-4-12-23(18)16-10-13-22(14-11-16)19(24)9-8-15-5-2-3-6-17(15)21/h2-7,12,16H,8-11,13-14H2,1H3. The number of esters is 1. The van der Waals surface area contributed by atoms with Crippen LogP contribution in [0.15, 0.2) is 42.6 Å². The molecule has 1 aromatic carbocycles. The maximum atomic E-state index is 13.7. The number of benzene rings is 1. The zero-order valence-corrected chi connectivity index (χ0v) is 14.9. The van der Waals surface area contributed by atoms with Gasteiger partial charge >= 0.3 is 5.97 Å². The third-order valence-electron chi connectivity index (χ3n) is 4.95. The summed E-state index contributed by atoms with van der Waals surface area (Å²) >= 11 is 0. The monoisotopic (exact) mass is 358 g/mol. The van der Waals surface area contributed by atoms with E-state index in [1.54, 1.807) is 24.3 Å². The van der Waals surface area contributed by atoms with Crippen LogP contribution in [0.1, 0.15) is 41.4 Å². The fourth-order valence-corrected chi connectivity index (χ4v) is 3.48. The van der Waals surface area contributed by atoms with Crippen molar-refractivity contribution >= 4 is 11.9 Å². The normalized spacial score (nSPS) is 15.1. The quantitative estimate of drug-likeness (QED) is 0.771. The third kappa shape index (κ3) is 3.95. The highest BCUT2D eigenvalue weighted by molar-refractivity contribution is 5.87. The number of hydrogen-bond acceptors (Lipinski definition) is 3. The van der Waals surface area contributed by atoms with E-state index in [0.29, 0.717) is 37.2 Å². The Labute approximate surface area is 152 Å². The van der Waals surface area contributed by atoms with Gasteiger partial charge < -0.3 is 14.2 Å². The van der Waals surface area contributed by atoms with Crippen LogP contribution in [0.3, 0.4) is 0 Å². The maximum Gasteiger partial charge on any atom is 0.354 e. The lowest BCUT2D eigenvalue weighted by Crippen LogP contribution is -2.39. The first-order valence-corrected chi connectivity index (χ1v) is 8.86. The molecular formula is C20H23FN2O3. The number of piperidine rings is 1. The molecule has 26 heavy (non-hydrogen) atoms. The molecule has 0 N–H and O–H groups in total. The number of aromatic nitrogens is 1. The number of likely N-dealkylation sites (tertiary alicyclic amines) is 1. The summed E-state index contributed by atoms with van der Waals surface area (Å²) in [6.45, 7) is 1.28. The number of hydrogen-bond donors (Lipinski definition) is 0. The van der Waals surface area contributed by atoms with Gasteiger partial charge in [-0.15, -0.1) is 0 Å². The van der Waals surface area contributed by atoms with Crippen LogP contribution in [0.4, 0.5) is 4.39 Å². The number of nitrogens with zero attached hydrogens (tertiary/aromatic N) is 2. The van der Waals surface area contributed by atoms with Crippen molar-refractivity contribution < 1.29 is 18.7 Å². The first kappa shape index (κ1) is 18.2. The van der Waals surface area contributed by atoms with Crippen LogP contribution >= 0.6 is 0 Å². The second kappa shape index (κ2) is 8.17. The van der Waals surface area contributed by atoms with E-state index in [9.17, 15) is 14.0 Å². The average molecular weight is 358 g/mol. The highest BCUT2D eigenvalue weighted by Gasteiger charge is 2.26. The SMILES string of the molecule is COC(=O)c1cccn1C1CCN(C(=O)CCc2ccccc2F)CC1. The van der Waals surface area contributed by atoms with Crippen LogP contribution in [-0.2, 0) is 16.0 Å². The molecule has 1 aliphatic rings. The topological polar surface area (TPSA) is 51.5 Å². The molecule has 1 amide bonds. The number of methoxy groups -OCH3 is 1. The van der Waals surface area contributed by atoms with E-state index in [2.05, 4.69) is 0 Å². The van der Waals surface area contributed by atoms with E-state index < -0.39 is 0 Å². The van der Waals surface area contributed by atoms with Gasteiger partial charge in [0, 0.05) is 31.7 Å². The highest BCUT2D eigenvalue weighted by atomic mass is 19.1. The van der Waals surface area contributed by atoms with Gasteiger partial charge in [-0.3, -0.25) is 4.79 Å². The lowest BCUT2D eigenvalue weighted by atomic mass is 10.0. The third-order valence-corrected chi connectivity index (χ3v) is 4.95. The number of rotatable bonds is 5. The Balaban J connectivity index is 1.54. The first-order valence-electron chi connectivity index (χ1n) is 8.86. The molecule has 2 aromatic rings. The number of halogens is 1. The van der Waals surface area contributed by atoms with Gasteiger partial charge in [0.2, 0.25) is 5.91 Å². The molecular weight excluding hydrogens is 335 g/mol. The second-order valence-electron chi connectivity index (χ2n) is 6.50. The van der Waals surface area contributed by atoms with Crippen molar-refractivity contribution in [2.24, 2.45) is 0 Å². The zero-order valence-electron chi connectivity index (χ0n) is 14.9. The van der Waals surface area contributed by atoms with Crippen molar-refractivity contribution in [1.29, 1.82) is 0 Å². The average Bonchev–Trinajstić information content (AvgIpc) is 3.16. The minimum absolute atomic E-state index is 0.0485. The molecule has 0 radical (unpaired) electrons. The summed E-state index contributed by atoms with van der Waals surface area (Å²) < 4.78 is 20.4. The molecule has 1 saturated heterocycles. The molecule has 5 nitrogen and oxygen atoms in total.